The van der Waals surface area contributed by atoms with E-state index < -0.39 is 24.2 Å². The molecule has 0 aliphatic rings. The van der Waals surface area contributed by atoms with Gasteiger partial charge in [-0.15, -0.1) is 0 Å². The number of hydrogen-bond acceptors (Lipinski definition) is 4. The summed E-state index contributed by atoms with van der Waals surface area (Å²) >= 11 is 0. The first kappa shape index (κ1) is 44.8. The lowest BCUT2D eigenvalue weighted by Crippen LogP contribution is -2.48. The molecule has 0 aromatic carbocycles. The van der Waals surface area contributed by atoms with Crippen molar-refractivity contribution in [3.05, 3.63) is 24.3 Å². The van der Waals surface area contributed by atoms with E-state index in [-0.39, 0.29) is 6.61 Å². The number of rotatable bonds is 36. The van der Waals surface area contributed by atoms with Crippen molar-refractivity contribution < 1.29 is 20.1 Å². The quantitative estimate of drug-likeness (QED) is 0.0401. The summed E-state index contributed by atoms with van der Waals surface area (Å²) in [6, 6.07) is -0.809. The first-order valence-electron chi connectivity index (χ1n) is 20.2. The van der Waals surface area contributed by atoms with Gasteiger partial charge >= 0.3 is 0 Å². The number of carbonyl (C=O) groups is 1. The maximum Gasteiger partial charge on any atom is 0.249 e. The smallest absolute Gasteiger partial charge is 0.249 e. The molecule has 3 unspecified atom stereocenters. The molecule has 272 valence electrons. The van der Waals surface area contributed by atoms with E-state index in [1.807, 2.05) is 6.08 Å². The molecule has 0 spiro atoms. The van der Waals surface area contributed by atoms with E-state index in [4.69, 9.17) is 0 Å². The van der Waals surface area contributed by atoms with E-state index in [0.29, 0.717) is 6.42 Å². The van der Waals surface area contributed by atoms with Crippen LogP contribution in [0.15, 0.2) is 24.3 Å². The summed E-state index contributed by atoms with van der Waals surface area (Å²) < 4.78 is 0. The second kappa shape index (κ2) is 36.7. The minimum atomic E-state index is -1.10. The topological polar surface area (TPSA) is 89.8 Å². The Morgan fingerprint density at radius 1 is 0.522 bits per heavy atom. The van der Waals surface area contributed by atoms with Crippen LogP contribution in [0, 0.1) is 0 Å². The van der Waals surface area contributed by atoms with Crippen molar-refractivity contribution in [1.29, 1.82) is 0 Å². The Bertz CT molecular complexity index is 679. The Morgan fingerprint density at radius 2 is 0.891 bits per heavy atom. The molecule has 4 N–H and O–H groups in total. The molecule has 0 aromatic rings. The van der Waals surface area contributed by atoms with E-state index in [9.17, 15) is 20.1 Å². The van der Waals surface area contributed by atoms with Crippen LogP contribution < -0.4 is 5.32 Å². The third-order valence-electron chi connectivity index (χ3n) is 9.29. The van der Waals surface area contributed by atoms with Crippen molar-refractivity contribution >= 4 is 5.91 Å². The van der Waals surface area contributed by atoms with E-state index in [0.717, 1.165) is 38.5 Å². The zero-order valence-electron chi connectivity index (χ0n) is 30.7. The average molecular weight is 650 g/mol. The molecule has 0 aliphatic carbocycles. The van der Waals surface area contributed by atoms with E-state index in [2.05, 4.69) is 31.3 Å². The van der Waals surface area contributed by atoms with Crippen LogP contribution in [0.5, 0.6) is 0 Å². The van der Waals surface area contributed by atoms with Crippen LogP contribution in [0.25, 0.3) is 0 Å². The second-order valence-corrected chi connectivity index (χ2v) is 13.8. The number of nitrogens with one attached hydrogen (secondary N) is 1. The van der Waals surface area contributed by atoms with Crippen LogP contribution >= 0.6 is 0 Å². The van der Waals surface area contributed by atoms with Gasteiger partial charge in [0, 0.05) is 0 Å². The van der Waals surface area contributed by atoms with Gasteiger partial charge in [0.1, 0.15) is 6.10 Å². The van der Waals surface area contributed by atoms with Crippen molar-refractivity contribution in [3.63, 3.8) is 0 Å². The number of unbranched alkanes of at least 4 members (excludes halogenated alkanes) is 26. The van der Waals surface area contributed by atoms with Crippen LogP contribution in [0.4, 0.5) is 0 Å². The molecular formula is C41H79NO4. The van der Waals surface area contributed by atoms with Crippen LogP contribution in [-0.4, -0.2) is 46.1 Å². The predicted molar refractivity (Wildman–Crippen MR) is 199 cm³/mol. The first-order valence-corrected chi connectivity index (χ1v) is 20.2. The zero-order chi connectivity index (χ0) is 33.8. The molecule has 0 radical (unpaired) electrons. The highest BCUT2D eigenvalue weighted by molar-refractivity contribution is 5.80. The maximum absolute atomic E-state index is 12.4. The molecule has 46 heavy (non-hydrogen) atoms. The molecule has 3 atom stereocenters. The van der Waals surface area contributed by atoms with Gasteiger partial charge in [-0.05, 0) is 32.1 Å². The van der Waals surface area contributed by atoms with Crippen LogP contribution in [0.3, 0.4) is 0 Å². The molecule has 0 aromatic heterocycles. The van der Waals surface area contributed by atoms with Gasteiger partial charge in [0.05, 0.1) is 18.8 Å². The lowest BCUT2D eigenvalue weighted by molar-refractivity contribution is -0.131. The number of amides is 1. The highest BCUT2D eigenvalue weighted by Crippen LogP contribution is 2.15. The fraction of sp³-hybridized carbons (Fsp3) is 0.878. The minimum Gasteiger partial charge on any atom is -0.394 e. The van der Waals surface area contributed by atoms with Crippen molar-refractivity contribution in [2.75, 3.05) is 6.61 Å². The highest BCUT2D eigenvalue weighted by atomic mass is 16.3. The Hall–Kier alpha value is -1.17. The van der Waals surface area contributed by atoms with Gasteiger partial charge in [-0.1, -0.05) is 199 Å². The largest absolute Gasteiger partial charge is 0.394 e. The van der Waals surface area contributed by atoms with Crippen molar-refractivity contribution in [2.45, 2.75) is 225 Å². The Labute approximate surface area is 286 Å². The van der Waals surface area contributed by atoms with E-state index >= 15 is 0 Å². The summed E-state index contributed by atoms with van der Waals surface area (Å²) in [7, 11) is 0. The van der Waals surface area contributed by atoms with Gasteiger partial charge in [-0.25, -0.2) is 0 Å². The van der Waals surface area contributed by atoms with Crippen molar-refractivity contribution in [3.8, 4) is 0 Å². The lowest BCUT2D eigenvalue weighted by Gasteiger charge is -2.21. The summed E-state index contributed by atoms with van der Waals surface area (Å²) in [5.74, 6) is -0.514. The monoisotopic (exact) mass is 650 g/mol. The first-order chi connectivity index (χ1) is 22.6. The standard InChI is InChI=1S/C41H79NO4/c1-3-5-7-9-11-13-15-16-17-18-19-20-21-22-23-24-26-27-29-31-33-35-39(44)38(37-43)42-41(46)40(45)36-34-32-30-28-25-14-12-10-8-6-4-2/h26-27,33,35,38-40,43-45H,3-25,28-32,34,36-37H2,1-2H3,(H,42,46)/b27-26+,35-33+. The normalized spacial score (nSPS) is 13.9. The number of allylic oxidation sites excluding steroid dienone is 3. The number of aliphatic hydroxyl groups is 3. The summed E-state index contributed by atoms with van der Waals surface area (Å²) in [6.07, 6.45) is 43.5. The maximum atomic E-state index is 12.4. The van der Waals surface area contributed by atoms with E-state index in [1.165, 1.54) is 148 Å². The molecular weight excluding hydrogens is 570 g/mol. The Balaban J connectivity index is 3.71. The van der Waals surface area contributed by atoms with Crippen LogP contribution in [0.1, 0.15) is 206 Å². The van der Waals surface area contributed by atoms with Crippen molar-refractivity contribution in [2.24, 2.45) is 0 Å². The lowest BCUT2D eigenvalue weighted by atomic mass is 10.0. The molecule has 0 saturated carbocycles. The van der Waals surface area contributed by atoms with Crippen LogP contribution in [-0.2, 0) is 4.79 Å². The third-order valence-corrected chi connectivity index (χ3v) is 9.29. The summed E-state index contributed by atoms with van der Waals surface area (Å²) in [5.41, 5.74) is 0. The summed E-state index contributed by atoms with van der Waals surface area (Å²) in [5, 5.41) is 32.9. The minimum absolute atomic E-state index is 0.373. The molecule has 0 saturated heterocycles. The molecule has 0 rings (SSSR count). The summed E-state index contributed by atoms with van der Waals surface area (Å²) in [4.78, 5) is 12.4. The molecule has 0 fully saturated rings. The van der Waals surface area contributed by atoms with Gasteiger partial charge in [-0.3, -0.25) is 4.79 Å². The molecule has 0 bridgehead atoms. The van der Waals surface area contributed by atoms with Crippen LogP contribution in [0.2, 0.25) is 0 Å². The zero-order valence-corrected chi connectivity index (χ0v) is 30.7. The average Bonchev–Trinajstić information content (AvgIpc) is 3.06. The van der Waals surface area contributed by atoms with E-state index in [1.54, 1.807) is 6.08 Å². The molecule has 5 heteroatoms. The van der Waals surface area contributed by atoms with Gasteiger partial charge in [0.2, 0.25) is 5.91 Å². The fourth-order valence-electron chi connectivity index (χ4n) is 6.08. The third kappa shape index (κ3) is 31.4. The van der Waals surface area contributed by atoms with Gasteiger partial charge in [0.15, 0.2) is 0 Å². The van der Waals surface area contributed by atoms with Crippen molar-refractivity contribution in [1.82, 2.24) is 5.32 Å². The second-order valence-electron chi connectivity index (χ2n) is 13.8. The predicted octanol–water partition coefficient (Wildman–Crippen LogP) is 11.0. The Morgan fingerprint density at radius 3 is 1.33 bits per heavy atom. The summed E-state index contributed by atoms with van der Waals surface area (Å²) in [6.45, 7) is 4.15. The SMILES string of the molecule is CCCCCCCCCCCCCCCCC/C=C/CC/C=C/C(O)C(CO)NC(=O)C(O)CCCCCCCCCCCCC. The molecule has 0 aliphatic heterocycles. The van der Waals surface area contributed by atoms with Gasteiger partial charge < -0.3 is 20.6 Å². The number of carbonyl (C=O) groups excluding carboxylic acids is 1. The fourth-order valence-corrected chi connectivity index (χ4v) is 6.08. The number of aliphatic hydroxyl groups excluding tert-OH is 3. The molecule has 1 amide bonds. The highest BCUT2D eigenvalue weighted by Gasteiger charge is 2.22. The number of hydrogen-bond donors (Lipinski definition) is 4. The Kier molecular flexibility index (Phi) is 35.7. The van der Waals surface area contributed by atoms with Gasteiger partial charge in [-0.2, -0.15) is 0 Å². The molecule has 5 nitrogen and oxygen atoms in total. The molecule has 0 heterocycles. The van der Waals surface area contributed by atoms with Gasteiger partial charge in [0.25, 0.3) is 0 Å².